The van der Waals surface area contributed by atoms with Gasteiger partial charge in [0.15, 0.2) is 0 Å². The van der Waals surface area contributed by atoms with Crippen molar-refractivity contribution in [3.05, 3.63) is 36.4 Å². The van der Waals surface area contributed by atoms with Crippen molar-refractivity contribution in [2.24, 2.45) is 7.05 Å². The van der Waals surface area contributed by atoms with Crippen LogP contribution in [-0.4, -0.2) is 41.4 Å². The molecule has 0 unspecified atom stereocenters. The molecule has 1 fully saturated rings. The van der Waals surface area contributed by atoms with Crippen molar-refractivity contribution >= 4 is 23.3 Å². The van der Waals surface area contributed by atoms with Crippen LogP contribution in [-0.2, 0) is 11.8 Å². The van der Waals surface area contributed by atoms with Crippen LogP contribution in [0.3, 0.4) is 0 Å². The number of methoxy groups -OCH3 is 1. The van der Waals surface area contributed by atoms with Crippen molar-refractivity contribution in [1.29, 1.82) is 0 Å². The zero-order valence-electron chi connectivity index (χ0n) is 13.8. The van der Waals surface area contributed by atoms with Crippen LogP contribution in [0, 0.1) is 5.82 Å². The zero-order chi connectivity index (χ0) is 18.0. The highest BCUT2D eigenvalue weighted by atomic mass is 19.1. The number of nitrogens with one attached hydrogen (secondary N) is 2. The standard InChI is InChI=1S/C16H18FN5O3/c1-21-9-11(8-18-21)22-6-5-12(15(22)23)19-16(24)20-13-7-10(17)3-4-14(13)25-2/h3-4,7-9,12H,5-6H2,1-2H3,(H2,19,20,24)/t12-/m1/s1. The van der Waals surface area contributed by atoms with Crippen molar-refractivity contribution in [1.82, 2.24) is 15.1 Å². The minimum absolute atomic E-state index is 0.189. The molecule has 0 spiro atoms. The second-order valence-electron chi connectivity index (χ2n) is 5.65. The summed E-state index contributed by atoms with van der Waals surface area (Å²) in [7, 11) is 3.18. The van der Waals surface area contributed by atoms with Gasteiger partial charge in [-0.2, -0.15) is 5.10 Å². The van der Waals surface area contributed by atoms with Crippen LogP contribution < -0.4 is 20.3 Å². The second kappa shape index (κ2) is 6.80. The van der Waals surface area contributed by atoms with E-state index in [0.717, 1.165) is 6.07 Å². The predicted octanol–water partition coefficient (Wildman–Crippen LogP) is 1.49. The lowest BCUT2D eigenvalue weighted by Crippen LogP contribution is -2.43. The number of hydrogen-bond acceptors (Lipinski definition) is 4. The zero-order valence-corrected chi connectivity index (χ0v) is 13.8. The Hall–Kier alpha value is -3.10. The smallest absolute Gasteiger partial charge is 0.319 e. The van der Waals surface area contributed by atoms with Crippen molar-refractivity contribution in [3.8, 4) is 5.75 Å². The Morgan fingerprint density at radius 2 is 2.24 bits per heavy atom. The molecule has 3 rings (SSSR count). The molecule has 0 aliphatic carbocycles. The summed E-state index contributed by atoms with van der Waals surface area (Å²) in [6.07, 6.45) is 3.80. The highest BCUT2D eigenvalue weighted by Crippen LogP contribution is 2.25. The van der Waals surface area contributed by atoms with Gasteiger partial charge in [-0.3, -0.25) is 9.48 Å². The van der Waals surface area contributed by atoms with E-state index in [1.54, 1.807) is 29.0 Å². The molecule has 1 aliphatic heterocycles. The summed E-state index contributed by atoms with van der Waals surface area (Å²) >= 11 is 0. The number of halogens is 1. The first-order chi connectivity index (χ1) is 12.0. The Morgan fingerprint density at radius 1 is 1.44 bits per heavy atom. The monoisotopic (exact) mass is 347 g/mol. The summed E-state index contributed by atoms with van der Waals surface area (Å²) in [4.78, 5) is 26.2. The average Bonchev–Trinajstić information content (AvgIpc) is 3.14. The fraction of sp³-hybridized carbons (Fsp3) is 0.312. The van der Waals surface area contributed by atoms with E-state index in [4.69, 9.17) is 4.74 Å². The first-order valence-electron chi connectivity index (χ1n) is 7.69. The Kier molecular flexibility index (Phi) is 4.55. The maximum Gasteiger partial charge on any atom is 0.319 e. The number of ether oxygens (including phenoxy) is 1. The van der Waals surface area contributed by atoms with Gasteiger partial charge in [-0.25, -0.2) is 9.18 Å². The predicted molar refractivity (Wildman–Crippen MR) is 89.1 cm³/mol. The summed E-state index contributed by atoms with van der Waals surface area (Å²) in [5.74, 6) is -0.392. The van der Waals surface area contributed by atoms with E-state index in [9.17, 15) is 14.0 Å². The Bertz CT molecular complexity index is 807. The van der Waals surface area contributed by atoms with Gasteiger partial charge in [-0.1, -0.05) is 0 Å². The Morgan fingerprint density at radius 3 is 2.92 bits per heavy atom. The molecule has 8 nitrogen and oxygen atoms in total. The molecule has 1 aromatic heterocycles. The van der Waals surface area contributed by atoms with Gasteiger partial charge in [0.25, 0.3) is 0 Å². The van der Waals surface area contributed by atoms with Crippen LogP contribution in [0.25, 0.3) is 0 Å². The molecule has 9 heteroatoms. The van der Waals surface area contributed by atoms with Crippen LogP contribution in [0.1, 0.15) is 6.42 Å². The number of urea groups is 1. The van der Waals surface area contributed by atoms with Crippen LogP contribution in [0.5, 0.6) is 5.75 Å². The van der Waals surface area contributed by atoms with Gasteiger partial charge in [0.1, 0.15) is 17.6 Å². The lowest BCUT2D eigenvalue weighted by atomic mass is 10.2. The van der Waals surface area contributed by atoms with Crippen molar-refractivity contribution in [3.63, 3.8) is 0 Å². The lowest BCUT2D eigenvalue weighted by molar-refractivity contribution is -0.118. The largest absolute Gasteiger partial charge is 0.495 e. The van der Waals surface area contributed by atoms with Crippen molar-refractivity contribution in [2.75, 3.05) is 23.9 Å². The van der Waals surface area contributed by atoms with E-state index in [-0.39, 0.29) is 11.6 Å². The molecule has 1 aliphatic rings. The molecule has 0 saturated carbocycles. The lowest BCUT2D eigenvalue weighted by Gasteiger charge is -2.16. The van der Waals surface area contributed by atoms with Gasteiger partial charge in [0, 0.05) is 25.9 Å². The molecule has 1 saturated heterocycles. The minimum Gasteiger partial charge on any atom is -0.495 e. The molecule has 2 aromatic rings. The first kappa shape index (κ1) is 16.7. The molecular formula is C16H18FN5O3. The number of aryl methyl sites for hydroxylation is 1. The van der Waals surface area contributed by atoms with E-state index in [2.05, 4.69) is 15.7 Å². The number of hydrogen-bond donors (Lipinski definition) is 2. The molecular weight excluding hydrogens is 329 g/mol. The Balaban J connectivity index is 1.64. The molecule has 2 N–H and O–H groups in total. The molecule has 0 bridgehead atoms. The quantitative estimate of drug-likeness (QED) is 0.877. The SMILES string of the molecule is COc1ccc(F)cc1NC(=O)N[C@@H]1CCN(c2cnn(C)c2)C1=O. The number of nitrogens with zero attached hydrogens (tertiary/aromatic N) is 3. The topological polar surface area (TPSA) is 88.5 Å². The molecule has 25 heavy (non-hydrogen) atoms. The molecule has 1 atom stereocenters. The summed E-state index contributed by atoms with van der Waals surface area (Å²) in [5, 5.41) is 9.15. The molecule has 2 heterocycles. The van der Waals surface area contributed by atoms with E-state index in [1.807, 2.05) is 0 Å². The summed E-state index contributed by atoms with van der Waals surface area (Å²) in [6, 6.07) is 2.54. The van der Waals surface area contributed by atoms with Crippen molar-refractivity contribution < 1.29 is 18.7 Å². The van der Waals surface area contributed by atoms with Crippen LogP contribution in [0.15, 0.2) is 30.6 Å². The second-order valence-corrected chi connectivity index (χ2v) is 5.65. The Labute approximate surface area is 143 Å². The van der Waals surface area contributed by atoms with Crippen LogP contribution in [0.2, 0.25) is 0 Å². The van der Waals surface area contributed by atoms with Crippen LogP contribution in [0.4, 0.5) is 20.6 Å². The number of rotatable bonds is 4. The third-order valence-corrected chi connectivity index (χ3v) is 3.92. The van der Waals surface area contributed by atoms with Gasteiger partial charge in [0.2, 0.25) is 5.91 Å². The summed E-state index contributed by atoms with van der Waals surface area (Å²) in [6.45, 7) is 0.485. The fourth-order valence-electron chi connectivity index (χ4n) is 2.71. The van der Waals surface area contributed by atoms with Gasteiger partial charge in [-0.05, 0) is 18.6 Å². The van der Waals surface area contributed by atoms with E-state index >= 15 is 0 Å². The number of aromatic nitrogens is 2. The maximum atomic E-state index is 13.3. The summed E-state index contributed by atoms with van der Waals surface area (Å²) in [5.41, 5.74) is 0.874. The number of anilines is 2. The van der Waals surface area contributed by atoms with E-state index < -0.39 is 17.9 Å². The van der Waals surface area contributed by atoms with E-state index in [0.29, 0.717) is 24.4 Å². The third-order valence-electron chi connectivity index (χ3n) is 3.92. The number of benzene rings is 1. The fourth-order valence-corrected chi connectivity index (χ4v) is 2.71. The number of carbonyl (C=O) groups is 2. The number of carbonyl (C=O) groups excluding carboxylic acids is 2. The summed E-state index contributed by atoms with van der Waals surface area (Å²) < 4.78 is 20.0. The molecule has 0 radical (unpaired) electrons. The highest BCUT2D eigenvalue weighted by Gasteiger charge is 2.34. The van der Waals surface area contributed by atoms with Gasteiger partial charge in [-0.15, -0.1) is 0 Å². The van der Waals surface area contributed by atoms with Gasteiger partial charge < -0.3 is 20.3 Å². The number of amides is 3. The molecule has 1 aromatic carbocycles. The average molecular weight is 347 g/mol. The first-order valence-corrected chi connectivity index (χ1v) is 7.69. The molecule has 3 amide bonds. The van der Waals surface area contributed by atoms with Crippen molar-refractivity contribution in [2.45, 2.75) is 12.5 Å². The highest BCUT2D eigenvalue weighted by molar-refractivity contribution is 6.02. The van der Waals surface area contributed by atoms with Crippen LogP contribution >= 0.6 is 0 Å². The third kappa shape index (κ3) is 3.54. The maximum absolute atomic E-state index is 13.3. The van der Waals surface area contributed by atoms with Gasteiger partial charge >= 0.3 is 6.03 Å². The normalized spacial score (nSPS) is 16.8. The van der Waals surface area contributed by atoms with E-state index in [1.165, 1.54) is 19.2 Å². The minimum atomic E-state index is -0.653. The van der Waals surface area contributed by atoms with Gasteiger partial charge in [0.05, 0.1) is 24.7 Å². The molecule has 132 valence electrons.